The van der Waals surface area contributed by atoms with Gasteiger partial charge in [0.15, 0.2) is 0 Å². The first-order chi connectivity index (χ1) is 7.22. The van der Waals surface area contributed by atoms with Gasteiger partial charge in [-0.25, -0.2) is 0 Å². The smallest absolute Gasteiger partial charge is 0.224 e. The van der Waals surface area contributed by atoms with Crippen molar-refractivity contribution in [2.24, 2.45) is 0 Å². The number of amides is 1. The summed E-state index contributed by atoms with van der Waals surface area (Å²) in [6.45, 7) is 5.10. The van der Waals surface area contributed by atoms with Gasteiger partial charge in [-0.15, -0.1) is 6.58 Å². The minimum absolute atomic E-state index is 0.0175. The molecular weight excluding hydrogens is 192 g/mol. The number of carbonyl (C=O) groups excluding carboxylic acids is 1. The Bertz CT molecular complexity index is 233. The zero-order chi connectivity index (χ0) is 11.5. The van der Waals surface area contributed by atoms with Gasteiger partial charge in [-0.1, -0.05) is 6.08 Å². The molecule has 0 atom stereocenters. The van der Waals surface area contributed by atoms with Gasteiger partial charge < -0.3 is 9.64 Å². The van der Waals surface area contributed by atoms with Crippen molar-refractivity contribution in [3.8, 4) is 6.07 Å². The van der Waals surface area contributed by atoms with E-state index in [4.69, 9.17) is 10.00 Å². The number of nitriles is 1. The Morgan fingerprint density at radius 1 is 1.60 bits per heavy atom. The lowest BCUT2D eigenvalue weighted by molar-refractivity contribution is -0.130. The molecule has 0 unspecified atom stereocenters. The van der Waals surface area contributed by atoms with E-state index in [2.05, 4.69) is 6.58 Å². The van der Waals surface area contributed by atoms with Crippen LogP contribution in [0.15, 0.2) is 12.7 Å². The van der Waals surface area contributed by atoms with Crippen LogP contribution >= 0.6 is 0 Å². The fourth-order valence-corrected chi connectivity index (χ4v) is 0.961. The summed E-state index contributed by atoms with van der Waals surface area (Å²) in [5.74, 6) is 0.0175. The van der Waals surface area contributed by atoms with E-state index in [1.54, 1.807) is 18.0 Å². The van der Waals surface area contributed by atoms with Crippen LogP contribution in [0.5, 0.6) is 0 Å². The summed E-state index contributed by atoms with van der Waals surface area (Å²) in [5, 5.41) is 8.35. The summed E-state index contributed by atoms with van der Waals surface area (Å²) in [6.07, 6.45) is 3.33. The molecule has 0 fully saturated rings. The SMILES string of the molecule is C=CCCOCCC(=O)N(C)CCC#N. The standard InChI is InChI=1S/C11H18N2O2/c1-3-4-9-15-10-6-11(14)13(2)8-5-7-12/h3H,1,4-6,8-10H2,2H3. The van der Waals surface area contributed by atoms with Crippen molar-refractivity contribution in [2.75, 3.05) is 26.8 Å². The Morgan fingerprint density at radius 2 is 2.33 bits per heavy atom. The van der Waals surface area contributed by atoms with Gasteiger partial charge in [0, 0.05) is 13.6 Å². The quantitative estimate of drug-likeness (QED) is 0.449. The Kier molecular flexibility index (Phi) is 8.40. The maximum absolute atomic E-state index is 11.4. The molecule has 0 aromatic heterocycles. The molecule has 0 saturated carbocycles. The van der Waals surface area contributed by atoms with Crippen molar-refractivity contribution >= 4 is 5.91 Å². The lowest BCUT2D eigenvalue weighted by atomic mass is 10.3. The fourth-order valence-electron chi connectivity index (χ4n) is 0.961. The maximum atomic E-state index is 11.4. The van der Waals surface area contributed by atoms with Crippen LogP contribution in [-0.2, 0) is 9.53 Å². The van der Waals surface area contributed by atoms with Gasteiger partial charge >= 0.3 is 0 Å². The summed E-state index contributed by atoms with van der Waals surface area (Å²) >= 11 is 0. The molecule has 0 heterocycles. The van der Waals surface area contributed by atoms with Gasteiger partial charge in [-0.3, -0.25) is 4.79 Å². The van der Waals surface area contributed by atoms with Crippen LogP contribution < -0.4 is 0 Å². The predicted octanol–water partition coefficient (Wildman–Crippen LogP) is 1.34. The van der Waals surface area contributed by atoms with Gasteiger partial charge in [-0.05, 0) is 6.42 Å². The highest BCUT2D eigenvalue weighted by molar-refractivity contribution is 5.75. The predicted molar refractivity (Wildman–Crippen MR) is 58.1 cm³/mol. The lowest BCUT2D eigenvalue weighted by Crippen LogP contribution is -2.28. The first-order valence-electron chi connectivity index (χ1n) is 5.02. The lowest BCUT2D eigenvalue weighted by Gasteiger charge is -2.15. The van der Waals surface area contributed by atoms with E-state index in [0.29, 0.717) is 32.6 Å². The highest BCUT2D eigenvalue weighted by Crippen LogP contribution is 1.94. The molecule has 0 spiro atoms. The van der Waals surface area contributed by atoms with Crippen LogP contribution in [0.2, 0.25) is 0 Å². The highest BCUT2D eigenvalue weighted by atomic mass is 16.5. The first-order valence-corrected chi connectivity index (χ1v) is 5.02. The first kappa shape index (κ1) is 13.7. The van der Waals surface area contributed by atoms with Crippen LogP contribution in [0.4, 0.5) is 0 Å². The van der Waals surface area contributed by atoms with Crippen LogP contribution in [0.25, 0.3) is 0 Å². The van der Waals surface area contributed by atoms with Gasteiger partial charge in [0.25, 0.3) is 0 Å². The van der Waals surface area contributed by atoms with Crippen LogP contribution in [-0.4, -0.2) is 37.6 Å². The molecule has 4 heteroatoms. The molecule has 0 aliphatic rings. The van der Waals surface area contributed by atoms with E-state index in [-0.39, 0.29) is 5.91 Å². The van der Waals surface area contributed by atoms with E-state index in [1.165, 1.54) is 0 Å². The summed E-state index contributed by atoms with van der Waals surface area (Å²) in [4.78, 5) is 13.0. The van der Waals surface area contributed by atoms with Crippen molar-refractivity contribution in [1.82, 2.24) is 4.90 Å². The van der Waals surface area contributed by atoms with Crippen molar-refractivity contribution in [2.45, 2.75) is 19.3 Å². The van der Waals surface area contributed by atoms with Gasteiger partial charge in [0.1, 0.15) is 0 Å². The molecule has 0 saturated heterocycles. The minimum atomic E-state index is 0.0175. The van der Waals surface area contributed by atoms with E-state index >= 15 is 0 Å². The number of ether oxygens (including phenoxy) is 1. The average Bonchev–Trinajstić information content (AvgIpc) is 2.25. The molecule has 1 amide bonds. The highest BCUT2D eigenvalue weighted by Gasteiger charge is 2.07. The monoisotopic (exact) mass is 210 g/mol. The maximum Gasteiger partial charge on any atom is 0.224 e. The third kappa shape index (κ3) is 7.71. The number of rotatable bonds is 8. The second-order valence-electron chi connectivity index (χ2n) is 3.16. The summed E-state index contributed by atoms with van der Waals surface area (Å²) in [7, 11) is 1.70. The van der Waals surface area contributed by atoms with E-state index in [0.717, 1.165) is 6.42 Å². The molecule has 4 nitrogen and oxygen atoms in total. The number of carbonyl (C=O) groups is 1. The molecule has 84 valence electrons. The van der Waals surface area contributed by atoms with E-state index in [9.17, 15) is 4.79 Å². The van der Waals surface area contributed by atoms with Crippen LogP contribution in [0.1, 0.15) is 19.3 Å². The average molecular weight is 210 g/mol. The van der Waals surface area contributed by atoms with E-state index in [1.807, 2.05) is 6.07 Å². The molecule has 0 aromatic rings. The van der Waals surface area contributed by atoms with E-state index < -0.39 is 0 Å². The second-order valence-corrected chi connectivity index (χ2v) is 3.16. The summed E-state index contributed by atoms with van der Waals surface area (Å²) in [5.41, 5.74) is 0. The number of hydrogen-bond acceptors (Lipinski definition) is 3. The molecule has 0 radical (unpaired) electrons. The van der Waals surface area contributed by atoms with Crippen LogP contribution in [0.3, 0.4) is 0 Å². The third-order valence-electron chi connectivity index (χ3n) is 1.91. The Hall–Kier alpha value is -1.34. The van der Waals surface area contributed by atoms with Crippen molar-refractivity contribution < 1.29 is 9.53 Å². The summed E-state index contributed by atoms with van der Waals surface area (Å²) < 4.78 is 5.22. The molecular formula is C11H18N2O2. The van der Waals surface area contributed by atoms with Gasteiger partial charge in [0.2, 0.25) is 5.91 Å². The minimum Gasteiger partial charge on any atom is -0.381 e. The van der Waals surface area contributed by atoms with Gasteiger partial charge in [0.05, 0.1) is 32.1 Å². The van der Waals surface area contributed by atoms with Gasteiger partial charge in [-0.2, -0.15) is 5.26 Å². The van der Waals surface area contributed by atoms with Crippen LogP contribution in [0, 0.1) is 11.3 Å². The molecule has 0 aromatic carbocycles. The molecule has 15 heavy (non-hydrogen) atoms. The number of nitrogens with zero attached hydrogens (tertiary/aromatic N) is 2. The van der Waals surface area contributed by atoms with Crippen molar-refractivity contribution in [3.05, 3.63) is 12.7 Å². The molecule has 0 aliphatic heterocycles. The third-order valence-corrected chi connectivity index (χ3v) is 1.91. The zero-order valence-electron chi connectivity index (χ0n) is 9.24. The molecule has 0 rings (SSSR count). The Morgan fingerprint density at radius 3 is 2.93 bits per heavy atom. The fraction of sp³-hybridized carbons (Fsp3) is 0.636. The molecule has 0 bridgehead atoms. The normalized spacial score (nSPS) is 9.33. The Balaban J connectivity index is 3.47. The van der Waals surface area contributed by atoms with Crippen molar-refractivity contribution in [3.63, 3.8) is 0 Å². The summed E-state index contributed by atoms with van der Waals surface area (Å²) in [6, 6.07) is 2.00. The Labute approximate surface area is 91.1 Å². The molecule has 0 N–H and O–H groups in total. The topological polar surface area (TPSA) is 53.3 Å². The number of hydrogen-bond donors (Lipinski definition) is 0. The zero-order valence-corrected chi connectivity index (χ0v) is 9.24. The second kappa shape index (κ2) is 9.22. The molecule has 0 aliphatic carbocycles. The van der Waals surface area contributed by atoms with Crippen molar-refractivity contribution in [1.29, 1.82) is 5.26 Å². The largest absolute Gasteiger partial charge is 0.381 e.